The van der Waals surface area contributed by atoms with Gasteiger partial charge in [0.25, 0.3) is 0 Å². The predicted molar refractivity (Wildman–Crippen MR) is 98.6 cm³/mol. The van der Waals surface area contributed by atoms with Gasteiger partial charge in [-0.15, -0.1) is 0 Å². The van der Waals surface area contributed by atoms with E-state index in [0.29, 0.717) is 0 Å². The Morgan fingerprint density at radius 1 is 0.760 bits per heavy atom. The van der Waals surface area contributed by atoms with E-state index < -0.39 is 22.9 Å². The number of hydrogen-bond acceptors (Lipinski definition) is 3. The van der Waals surface area contributed by atoms with Crippen LogP contribution in [0.25, 0.3) is 0 Å². The minimum Gasteiger partial charge on any atom is -0.309 e. The molecule has 2 rings (SSSR count). The lowest BCUT2D eigenvalue weighted by Gasteiger charge is -2.43. The van der Waals surface area contributed by atoms with Gasteiger partial charge in [0.2, 0.25) is 0 Å². The molecule has 0 radical (unpaired) electrons. The Morgan fingerprint density at radius 3 is 1.48 bits per heavy atom. The molecule has 144 valence electrons. The van der Waals surface area contributed by atoms with E-state index in [1.807, 2.05) is 83.9 Å². The normalized spacial score (nSPS) is 25.6. The highest BCUT2D eigenvalue weighted by Crippen LogP contribution is 2.44. The number of nitrogens with two attached hydrogens (primary N) is 1. The van der Waals surface area contributed by atoms with Crippen LogP contribution in [-0.2, 0) is 0 Å². The quantitative estimate of drug-likeness (QED) is 0.829. The number of carbonyl (C=O) groups excluding carboxylic acids is 2. The highest BCUT2D eigenvalue weighted by atomic mass is 16.2. The van der Waals surface area contributed by atoms with Gasteiger partial charge in [-0.3, -0.25) is 19.6 Å². The minimum atomic E-state index is -0.878. The fourth-order valence-corrected chi connectivity index (χ4v) is 3.96. The van der Waals surface area contributed by atoms with Crippen molar-refractivity contribution < 1.29 is 9.59 Å². The van der Waals surface area contributed by atoms with Gasteiger partial charge in [0, 0.05) is 17.1 Å². The van der Waals surface area contributed by atoms with Crippen LogP contribution in [0, 0.1) is 0 Å². The molecule has 0 aromatic heterocycles. The second-order valence-corrected chi connectivity index (χ2v) is 10.00. The van der Waals surface area contributed by atoms with Crippen LogP contribution in [0.3, 0.4) is 0 Å². The number of hydrogen-bond donors (Lipinski definition) is 1. The van der Waals surface area contributed by atoms with Crippen molar-refractivity contribution in [2.75, 3.05) is 0 Å². The van der Waals surface area contributed by atoms with Crippen molar-refractivity contribution in [1.82, 2.24) is 19.6 Å². The van der Waals surface area contributed by atoms with Crippen molar-refractivity contribution in [3.05, 3.63) is 0 Å². The Bertz CT molecular complexity index is 555. The van der Waals surface area contributed by atoms with Crippen molar-refractivity contribution in [2.45, 2.75) is 104 Å². The van der Waals surface area contributed by atoms with Crippen LogP contribution in [0.4, 0.5) is 9.59 Å². The monoisotopic (exact) mass is 353 g/mol. The van der Waals surface area contributed by atoms with Gasteiger partial charge in [-0.25, -0.2) is 9.59 Å². The molecule has 4 amide bonds. The molecule has 2 heterocycles. The van der Waals surface area contributed by atoms with E-state index in [1.165, 1.54) is 0 Å². The molecular formula is C18H35N5O2. The van der Waals surface area contributed by atoms with Gasteiger partial charge in [0.15, 0.2) is 12.3 Å². The van der Waals surface area contributed by atoms with Crippen molar-refractivity contribution in [3.63, 3.8) is 0 Å². The lowest BCUT2D eigenvalue weighted by Crippen LogP contribution is -2.63. The average molecular weight is 354 g/mol. The molecule has 2 aliphatic rings. The molecular weight excluding hydrogens is 318 g/mol. The van der Waals surface area contributed by atoms with Crippen molar-refractivity contribution in [3.8, 4) is 0 Å². The van der Waals surface area contributed by atoms with Gasteiger partial charge in [-0.05, 0) is 69.2 Å². The molecule has 7 nitrogen and oxygen atoms in total. The number of fused-ring (bicyclic) bond motifs is 1. The number of rotatable bonds is 2. The van der Waals surface area contributed by atoms with Crippen LogP contribution >= 0.6 is 0 Å². The zero-order valence-electron chi connectivity index (χ0n) is 17.4. The molecule has 2 atom stereocenters. The minimum absolute atomic E-state index is 0.0224. The van der Waals surface area contributed by atoms with Gasteiger partial charge in [0.1, 0.15) is 0 Å². The molecule has 0 bridgehead atoms. The van der Waals surface area contributed by atoms with Crippen LogP contribution in [-0.4, -0.2) is 66.8 Å². The summed E-state index contributed by atoms with van der Waals surface area (Å²) in [6.45, 7) is 19.6. The third kappa shape index (κ3) is 2.96. The van der Waals surface area contributed by atoms with Crippen LogP contribution < -0.4 is 5.73 Å². The standard InChI is InChI=1S/C18H35N5O2/c1-11(2)20-12-13(22(14(20)24)17(6,7)8)23(18(9,10)19)15(25)21(12)16(3,4)5/h11-13H,19H2,1-10H3. The average Bonchev–Trinajstić information content (AvgIpc) is 2.73. The van der Waals surface area contributed by atoms with E-state index in [4.69, 9.17) is 5.73 Å². The molecule has 0 spiro atoms. The Labute approximate surface area is 152 Å². The molecule has 2 saturated heterocycles. The zero-order chi connectivity index (χ0) is 19.7. The molecule has 2 aliphatic heterocycles. The fraction of sp³-hybridized carbons (Fsp3) is 0.889. The summed E-state index contributed by atoms with van der Waals surface area (Å²) in [4.78, 5) is 33.8. The maximum absolute atomic E-state index is 13.4. The van der Waals surface area contributed by atoms with Gasteiger partial charge < -0.3 is 5.73 Å². The second kappa shape index (κ2) is 5.50. The molecule has 25 heavy (non-hydrogen) atoms. The van der Waals surface area contributed by atoms with Gasteiger partial charge in [-0.2, -0.15) is 0 Å². The summed E-state index contributed by atoms with van der Waals surface area (Å²) in [5, 5.41) is 0. The molecule has 7 heteroatoms. The maximum atomic E-state index is 13.4. The van der Waals surface area contributed by atoms with E-state index in [0.717, 1.165) is 0 Å². The maximum Gasteiger partial charge on any atom is 0.325 e. The first-order valence-electron chi connectivity index (χ1n) is 9.04. The van der Waals surface area contributed by atoms with Gasteiger partial charge in [-0.1, -0.05) is 0 Å². The molecule has 2 fully saturated rings. The van der Waals surface area contributed by atoms with E-state index in [1.54, 1.807) is 4.90 Å². The first-order valence-corrected chi connectivity index (χ1v) is 9.04. The van der Waals surface area contributed by atoms with Crippen molar-refractivity contribution in [2.24, 2.45) is 5.73 Å². The third-order valence-corrected chi connectivity index (χ3v) is 4.81. The molecule has 2 N–H and O–H groups in total. The largest absolute Gasteiger partial charge is 0.325 e. The van der Waals surface area contributed by atoms with Gasteiger partial charge >= 0.3 is 12.1 Å². The van der Waals surface area contributed by atoms with Crippen LogP contribution in [0.5, 0.6) is 0 Å². The van der Waals surface area contributed by atoms with Crippen molar-refractivity contribution >= 4 is 12.1 Å². The first kappa shape index (κ1) is 19.8. The summed E-state index contributed by atoms with van der Waals surface area (Å²) in [6, 6.07) is -0.193. The highest BCUT2D eigenvalue weighted by Gasteiger charge is 2.65. The summed E-state index contributed by atoms with van der Waals surface area (Å²) in [5.41, 5.74) is 4.65. The van der Waals surface area contributed by atoms with E-state index >= 15 is 0 Å². The lowest BCUT2D eigenvalue weighted by atomic mass is 10.0. The molecule has 0 aromatic rings. The Balaban J connectivity index is 2.72. The summed E-state index contributed by atoms with van der Waals surface area (Å²) in [7, 11) is 0. The SMILES string of the molecule is CC(C)N1C(=O)N(C(C)(C)C)C2C1N(C(C)(C)C)C(=O)N2C(C)(C)N. The summed E-state index contributed by atoms with van der Waals surface area (Å²) in [5.74, 6) is 0. The lowest BCUT2D eigenvalue weighted by molar-refractivity contribution is 0.0205. The topological polar surface area (TPSA) is 73.1 Å². The Kier molecular flexibility index (Phi) is 4.36. The molecule has 0 saturated carbocycles. The summed E-state index contributed by atoms with van der Waals surface area (Å²) in [6.07, 6.45) is -0.774. The van der Waals surface area contributed by atoms with E-state index in [2.05, 4.69) is 0 Å². The zero-order valence-corrected chi connectivity index (χ0v) is 17.4. The second-order valence-electron chi connectivity index (χ2n) is 10.00. The predicted octanol–water partition coefficient (Wildman–Crippen LogP) is 2.81. The highest BCUT2D eigenvalue weighted by molar-refractivity contribution is 5.86. The Hall–Kier alpha value is -1.50. The molecule has 0 aromatic carbocycles. The molecule has 0 aliphatic carbocycles. The van der Waals surface area contributed by atoms with E-state index in [9.17, 15) is 9.59 Å². The number of urea groups is 2. The summed E-state index contributed by atoms with van der Waals surface area (Å²) < 4.78 is 0. The van der Waals surface area contributed by atoms with Crippen LogP contribution in [0.15, 0.2) is 0 Å². The fourth-order valence-electron chi connectivity index (χ4n) is 3.96. The number of nitrogens with zero attached hydrogens (tertiary/aromatic N) is 4. The molecule has 2 unspecified atom stereocenters. The third-order valence-electron chi connectivity index (χ3n) is 4.81. The number of carbonyl (C=O) groups is 2. The van der Waals surface area contributed by atoms with Crippen LogP contribution in [0.1, 0.15) is 69.2 Å². The van der Waals surface area contributed by atoms with Crippen molar-refractivity contribution in [1.29, 1.82) is 0 Å². The Morgan fingerprint density at radius 2 is 1.16 bits per heavy atom. The van der Waals surface area contributed by atoms with Crippen LogP contribution in [0.2, 0.25) is 0 Å². The van der Waals surface area contributed by atoms with Gasteiger partial charge in [0.05, 0.1) is 5.66 Å². The summed E-state index contributed by atoms with van der Waals surface area (Å²) >= 11 is 0. The smallest absolute Gasteiger partial charge is 0.309 e. The first-order chi connectivity index (χ1) is 11.0. The number of amides is 4. The van der Waals surface area contributed by atoms with E-state index in [-0.39, 0.29) is 24.3 Å².